The van der Waals surface area contributed by atoms with Crippen molar-refractivity contribution in [3.05, 3.63) is 22.6 Å². The van der Waals surface area contributed by atoms with Gasteiger partial charge in [-0.25, -0.2) is 0 Å². The minimum Gasteiger partial charge on any atom is -0.482 e. The molecule has 1 aliphatic heterocycles. The summed E-state index contributed by atoms with van der Waals surface area (Å²) in [5.41, 5.74) is -0.392. The van der Waals surface area contributed by atoms with Crippen molar-refractivity contribution in [1.82, 2.24) is 9.47 Å². The van der Waals surface area contributed by atoms with Crippen molar-refractivity contribution in [2.45, 2.75) is 12.7 Å². The molecule has 5 nitrogen and oxygen atoms in total. The van der Waals surface area contributed by atoms with Crippen LogP contribution in [0.25, 0.3) is 0 Å². The summed E-state index contributed by atoms with van der Waals surface area (Å²) < 4.78 is 31.2. The number of anilines is 1. The summed E-state index contributed by atoms with van der Waals surface area (Å²) >= 11 is 0. The van der Waals surface area contributed by atoms with Gasteiger partial charge >= 0.3 is 6.55 Å². The monoisotopic (exact) mass is 259 g/mol. The van der Waals surface area contributed by atoms with Crippen molar-refractivity contribution in [3.63, 3.8) is 0 Å². The van der Waals surface area contributed by atoms with Gasteiger partial charge in [-0.15, -0.1) is 0 Å². The van der Waals surface area contributed by atoms with Crippen LogP contribution in [0.1, 0.15) is 6.55 Å². The number of halogens is 2. The molecule has 0 unspecified atom stereocenters. The maximum atomic E-state index is 12.7. The fraction of sp³-hybridized carbons (Fsp3) is 0.545. The van der Waals surface area contributed by atoms with Crippen LogP contribution in [0, 0.1) is 0 Å². The molecule has 1 fully saturated rings. The second kappa shape index (κ2) is 4.93. The molecule has 0 saturated carbocycles. The molecule has 0 amide bonds. The minimum atomic E-state index is -2.88. The molecule has 0 spiro atoms. The van der Waals surface area contributed by atoms with E-state index in [0.717, 1.165) is 6.20 Å². The Balaban J connectivity index is 2.27. The second-order valence-corrected chi connectivity index (χ2v) is 4.29. The van der Waals surface area contributed by atoms with Crippen LogP contribution >= 0.6 is 0 Å². The van der Waals surface area contributed by atoms with Crippen LogP contribution < -0.4 is 15.6 Å². The van der Waals surface area contributed by atoms with E-state index in [0.29, 0.717) is 23.3 Å². The Bertz CT molecular complexity index is 484. The van der Waals surface area contributed by atoms with Gasteiger partial charge in [0.1, 0.15) is 6.10 Å². The van der Waals surface area contributed by atoms with Gasteiger partial charge in [0.2, 0.25) is 0 Å². The van der Waals surface area contributed by atoms with E-state index in [-0.39, 0.29) is 11.9 Å². The molecule has 18 heavy (non-hydrogen) atoms. The van der Waals surface area contributed by atoms with Gasteiger partial charge in [0.15, 0.2) is 5.75 Å². The van der Waals surface area contributed by atoms with Gasteiger partial charge in [0, 0.05) is 32.4 Å². The molecule has 1 aromatic rings. The van der Waals surface area contributed by atoms with Gasteiger partial charge < -0.3 is 10.1 Å². The number of likely N-dealkylation sites (N-methyl/N-ethyl adjacent to an activating group) is 1. The first-order chi connectivity index (χ1) is 8.51. The number of pyridine rings is 1. The molecular weight excluding hydrogens is 244 g/mol. The number of alkyl halides is 2. The van der Waals surface area contributed by atoms with Crippen molar-refractivity contribution in [3.8, 4) is 5.75 Å². The summed E-state index contributed by atoms with van der Waals surface area (Å²) in [5.74, 6) is -0.0414. The number of hydrogen-bond donors (Lipinski definition) is 1. The Morgan fingerprint density at radius 2 is 2.17 bits per heavy atom. The highest BCUT2D eigenvalue weighted by Crippen LogP contribution is 2.19. The normalized spacial score (nSPS) is 16.7. The summed E-state index contributed by atoms with van der Waals surface area (Å²) in [6.07, 6.45) is 0.966. The Morgan fingerprint density at radius 3 is 2.67 bits per heavy atom. The van der Waals surface area contributed by atoms with E-state index in [9.17, 15) is 13.6 Å². The second-order valence-electron chi connectivity index (χ2n) is 4.29. The van der Waals surface area contributed by atoms with Crippen LogP contribution in [0.4, 0.5) is 14.5 Å². The third-order valence-corrected chi connectivity index (χ3v) is 2.83. The molecule has 0 radical (unpaired) electrons. The fourth-order valence-corrected chi connectivity index (χ4v) is 1.84. The number of nitrogens with one attached hydrogen (secondary N) is 1. The molecule has 1 N–H and O–H groups in total. The number of rotatable bonds is 4. The first-order valence-electron chi connectivity index (χ1n) is 5.58. The quantitative estimate of drug-likeness (QED) is 0.875. The van der Waals surface area contributed by atoms with Crippen LogP contribution in [-0.2, 0) is 0 Å². The highest BCUT2D eigenvalue weighted by Gasteiger charge is 2.26. The summed E-state index contributed by atoms with van der Waals surface area (Å²) in [6.45, 7) is -1.49. The molecule has 0 bridgehead atoms. The first-order valence-corrected chi connectivity index (χ1v) is 5.58. The van der Waals surface area contributed by atoms with E-state index in [2.05, 4.69) is 5.32 Å². The average molecular weight is 259 g/mol. The lowest BCUT2D eigenvalue weighted by Crippen LogP contribution is -2.52. The van der Waals surface area contributed by atoms with E-state index in [1.807, 2.05) is 11.9 Å². The third kappa shape index (κ3) is 2.45. The Hall–Kier alpha value is -1.63. The molecular formula is C11H15F2N3O2. The van der Waals surface area contributed by atoms with Gasteiger partial charge in [-0.2, -0.15) is 8.78 Å². The number of hydrogen-bond acceptors (Lipinski definition) is 4. The third-order valence-electron chi connectivity index (χ3n) is 2.83. The van der Waals surface area contributed by atoms with Gasteiger partial charge in [-0.1, -0.05) is 0 Å². The maximum absolute atomic E-state index is 12.7. The van der Waals surface area contributed by atoms with E-state index >= 15 is 0 Å². The molecule has 2 rings (SSSR count). The molecule has 0 aliphatic carbocycles. The number of aromatic nitrogens is 1. The highest BCUT2D eigenvalue weighted by molar-refractivity contribution is 5.45. The van der Waals surface area contributed by atoms with Crippen LogP contribution in [0.3, 0.4) is 0 Å². The van der Waals surface area contributed by atoms with Gasteiger partial charge in [-0.3, -0.25) is 14.3 Å². The van der Waals surface area contributed by atoms with E-state index < -0.39 is 12.1 Å². The molecule has 7 heteroatoms. The predicted octanol–water partition coefficient (Wildman–Crippen LogP) is 0.978. The molecule has 1 saturated heterocycles. The van der Waals surface area contributed by atoms with Crippen LogP contribution in [0.2, 0.25) is 0 Å². The fourth-order valence-electron chi connectivity index (χ4n) is 1.84. The van der Waals surface area contributed by atoms with Gasteiger partial charge in [0.05, 0.1) is 5.69 Å². The van der Waals surface area contributed by atoms with Crippen molar-refractivity contribution >= 4 is 5.69 Å². The number of ether oxygens (including phenoxy) is 1. The minimum absolute atomic E-state index is 0.0414. The molecule has 100 valence electrons. The van der Waals surface area contributed by atoms with Crippen LogP contribution in [0.15, 0.2) is 17.1 Å². The van der Waals surface area contributed by atoms with Gasteiger partial charge in [-0.05, 0) is 7.05 Å². The highest BCUT2D eigenvalue weighted by atomic mass is 19.3. The largest absolute Gasteiger partial charge is 0.482 e. The topological polar surface area (TPSA) is 46.5 Å². The summed E-state index contributed by atoms with van der Waals surface area (Å²) in [7, 11) is 3.51. The maximum Gasteiger partial charge on any atom is 0.321 e. The summed E-state index contributed by atoms with van der Waals surface area (Å²) in [5, 5.41) is 2.72. The average Bonchev–Trinajstić information content (AvgIpc) is 2.29. The zero-order valence-electron chi connectivity index (χ0n) is 10.2. The predicted molar refractivity (Wildman–Crippen MR) is 63.4 cm³/mol. The summed E-state index contributed by atoms with van der Waals surface area (Å²) in [6, 6.07) is 1.44. The van der Waals surface area contributed by atoms with Crippen molar-refractivity contribution < 1.29 is 13.5 Å². The smallest absolute Gasteiger partial charge is 0.321 e. The van der Waals surface area contributed by atoms with Crippen LogP contribution in [-0.4, -0.2) is 42.8 Å². The SMILES string of the molecule is CNc1cc(OC2CN(C)C2)c(=O)n(C(F)F)c1. The molecule has 1 aromatic heterocycles. The number of nitrogens with zero attached hydrogens (tertiary/aromatic N) is 2. The summed E-state index contributed by atoms with van der Waals surface area (Å²) in [4.78, 5) is 13.8. The zero-order chi connectivity index (χ0) is 13.3. The zero-order valence-corrected chi connectivity index (χ0v) is 10.2. The molecule has 0 atom stereocenters. The van der Waals surface area contributed by atoms with Crippen molar-refractivity contribution in [2.24, 2.45) is 0 Å². The molecule has 0 aromatic carbocycles. The Labute approximate surface area is 103 Å². The molecule has 1 aliphatic rings. The lowest BCUT2D eigenvalue weighted by molar-refractivity contribution is 0.0331. The van der Waals surface area contributed by atoms with Crippen molar-refractivity contribution in [1.29, 1.82) is 0 Å². The Morgan fingerprint density at radius 1 is 1.50 bits per heavy atom. The lowest BCUT2D eigenvalue weighted by Gasteiger charge is -2.35. The van der Waals surface area contributed by atoms with E-state index in [4.69, 9.17) is 4.74 Å². The van der Waals surface area contributed by atoms with Crippen molar-refractivity contribution in [2.75, 3.05) is 32.5 Å². The standard InChI is InChI=1S/C11H15F2N3O2/c1-14-7-3-9(18-8-5-15(2)6-8)10(17)16(4-7)11(12)13/h3-4,8,11,14H,5-6H2,1-2H3. The number of likely N-dealkylation sites (tertiary alicyclic amines) is 1. The van der Waals surface area contributed by atoms with Gasteiger partial charge in [0.25, 0.3) is 5.56 Å². The van der Waals surface area contributed by atoms with E-state index in [1.54, 1.807) is 7.05 Å². The van der Waals surface area contributed by atoms with E-state index in [1.165, 1.54) is 6.07 Å². The molecule has 2 heterocycles. The Kier molecular flexibility index (Phi) is 3.51. The lowest BCUT2D eigenvalue weighted by atomic mass is 10.2. The van der Waals surface area contributed by atoms with Crippen LogP contribution in [0.5, 0.6) is 5.75 Å². The first kappa shape index (κ1) is 12.8.